The molecule has 0 atom stereocenters. The van der Waals surface area contributed by atoms with Crippen LogP contribution in [0.2, 0.25) is 0 Å². The lowest BCUT2D eigenvalue weighted by atomic mass is 9.87. The number of pyridine rings is 2. The molecule has 0 bridgehead atoms. The highest BCUT2D eigenvalue weighted by Crippen LogP contribution is 2.43. The molecule has 1 aliphatic heterocycles. The van der Waals surface area contributed by atoms with Crippen LogP contribution in [0.15, 0.2) is 23.1 Å². The first kappa shape index (κ1) is 21.4. The van der Waals surface area contributed by atoms with E-state index in [1.807, 2.05) is 0 Å². The highest BCUT2D eigenvalue weighted by atomic mass is 16.5. The Morgan fingerprint density at radius 2 is 2.06 bits per heavy atom. The number of hydrogen-bond donors (Lipinski definition) is 2. The van der Waals surface area contributed by atoms with E-state index in [1.165, 1.54) is 0 Å². The monoisotopic (exact) mass is 440 g/mol. The van der Waals surface area contributed by atoms with Crippen LogP contribution in [0.4, 0.5) is 0 Å². The van der Waals surface area contributed by atoms with Gasteiger partial charge in [-0.15, -0.1) is 0 Å². The maximum atomic E-state index is 13.4. The second kappa shape index (κ2) is 8.48. The summed E-state index contributed by atoms with van der Waals surface area (Å²) in [6.07, 6.45) is 7.76. The first-order chi connectivity index (χ1) is 15.5. The molecule has 5 rings (SSSR count). The molecule has 0 radical (unpaired) electrons. The molecule has 32 heavy (non-hydrogen) atoms. The van der Waals surface area contributed by atoms with Crippen LogP contribution in [0.3, 0.4) is 0 Å². The van der Waals surface area contributed by atoms with E-state index in [1.54, 1.807) is 22.9 Å². The summed E-state index contributed by atoms with van der Waals surface area (Å²) < 4.78 is 7.21. The molecule has 2 aromatic rings. The number of rotatable bonds is 5. The maximum Gasteiger partial charge on any atom is 0.268 e. The summed E-state index contributed by atoms with van der Waals surface area (Å²) in [5.74, 6) is -0.104. The molecule has 1 spiro atoms. The number of nitrogens with zero attached hydrogens (tertiary/aromatic N) is 3. The molecule has 8 heteroatoms. The normalized spacial score (nSPS) is 25.2. The molecule has 8 nitrogen and oxygen atoms in total. The Balaban J connectivity index is 1.44. The van der Waals surface area contributed by atoms with E-state index < -0.39 is 11.5 Å². The number of carbonyl (C=O) groups is 1. The van der Waals surface area contributed by atoms with Crippen LogP contribution >= 0.6 is 0 Å². The number of aromatic hydroxyl groups is 1. The van der Waals surface area contributed by atoms with Crippen molar-refractivity contribution in [3.63, 3.8) is 0 Å². The lowest BCUT2D eigenvalue weighted by molar-refractivity contribution is -0.0215. The van der Waals surface area contributed by atoms with E-state index in [2.05, 4.69) is 22.1 Å². The molecule has 2 aliphatic carbocycles. The van der Waals surface area contributed by atoms with Crippen LogP contribution in [0.5, 0.6) is 5.75 Å². The van der Waals surface area contributed by atoms with Crippen molar-refractivity contribution in [2.24, 2.45) is 5.92 Å². The van der Waals surface area contributed by atoms with Gasteiger partial charge in [-0.3, -0.25) is 19.1 Å². The quantitative estimate of drug-likeness (QED) is 0.741. The molecule has 0 aromatic carbocycles. The highest BCUT2D eigenvalue weighted by molar-refractivity contribution is 6.01. The van der Waals surface area contributed by atoms with Crippen LogP contribution in [0.1, 0.15) is 55.8 Å². The molecule has 1 amide bonds. The second-order valence-corrected chi connectivity index (χ2v) is 9.75. The zero-order valence-electron chi connectivity index (χ0n) is 18.7. The SMILES string of the molecule is CC1CCC(NC(=O)c2c(O)c3cccnc3n(CCN3CCOCC34CC4)c2=O)CC1. The first-order valence-electron chi connectivity index (χ1n) is 11.8. The van der Waals surface area contributed by atoms with Gasteiger partial charge < -0.3 is 15.2 Å². The molecule has 2 N–H and O–H groups in total. The predicted octanol–water partition coefficient (Wildman–Crippen LogP) is 2.28. The minimum absolute atomic E-state index is 0.0404. The maximum absolute atomic E-state index is 13.4. The van der Waals surface area contributed by atoms with Crippen molar-refractivity contribution in [1.82, 2.24) is 19.8 Å². The van der Waals surface area contributed by atoms with Gasteiger partial charge in [-0.1, -0.05) is 6.92 Å². The Morgan fingerprint density at radius 3 is 2.81 bits per heavy atom. The van der Waals surface area contributed by atoms with Gasteiger partial charge in [-0.2, -0.15) is 0 Å². The van der Waals surface area contributed by atoms with Gasteiger partial charge >= 0.3 is 0 Å². The van der Waals surface area contributed by atoms with Crippen molar-refractivity contribution in [3.8, 4) is 5.75 Å². The molecule has 3 heterocycles. The molecular weight excluding hydrogens is 408 g/mol. The Bertz CT molecular complexity index is 1070. The lowest BCUT2D eigenvalue weighted by Crippen LogP contribution is -2.49. The van der Waals surface area contributed by atoms with Gasteiger partial charge in [-0.25, -0.2) is 4.98 Å². The van der Waals surface area contributed by atoms with Crippen molar-refractivity contribution in [2.75, 3.05) is 26.3 Å². The van der Waals surface area contributed by atoms with Gasteiger partial charge in [0, 0.05) is 37.4 Å². The third kappa shape index (κ3) is 3.90. The number of carbonyl (C=O) groups excluding carboxylic acids is 1. The molecule has 172 valence electrons. The lowest BCUT2D eigenvalue weighted by Gasteiger charge is -2.36. The third-order valence-electron chi connectivity index (χ3n) is 7.54. The zero-order chi connectivity index (χ0) is 22.3. The topological polar surface area (TPSA) is 96.7 Å². The van der Waals surface area contributed by atoms with Gasteiger partial charge in [0.15, 0.2) is 0 Å². The summed E-state index contributed by atoms with van der Waals surface area (Å²) in [5.41, 5.74) is -0.128. The molecule has 2 aromatic heterocycles. The fourth-order valence-corrected chi connectivity index (χ4v) is 5.28. The summed E-state index contributed by atoms with van der Waals surface area (Å²) >= 11 is 0. The largest absolute Gasteiger partial charge is 0.506 e. The first-order valence-corrected chi connectivity index (χ1v) is 11.8. The van der Waals surface area contributed by atoms with Crippen LogP contribution in [0, 0.1) is 5.92 Å². The van der Waals surface area contributed by atoms with E-state index in [-0.39, 0.29) is 22.9 Å². The molecule has 1 saturated heterocycles. The van der Waals surface area contributed by atoms with Crippen molar-refractivity contribution in [1.29, 1.82) is 0 Å². The Labute approximate surface area is 187 Å². The number of morpholine rings is 1. The minimum Gasteiger partial charge on any atom is -0.506 e. The second-order valence-electron chi connectivity index (χ2n) is 9.75. The van der Waals surface area contributed by atoms with E-state index in [0.29, 0.717) is 36.6 Å². The van der Waals surface area contributed by atoms with E-state index in [4.69, 9.17) is 4.74 Å². The van der Waals surface area contributed by atoms with Crippen LogP contribution in [-0.4, -0.2) is 63.3 Å². The van der Waals surface area contributed by atoms with Gasteiger partial charge in [-0.05, 0) is 56.6 Å². The number of nitrogens with one attached hydrogen (secondary N) is 1. The summed E-state index contributed by atoms with van der Waals surface area (Å²) in [4.78, 5) is 33.3. The summed E-state index contributed by atoms with van der Waals surface area (Å²) in [6, 6.07) is 3.46. The summed E-state index contributed by atoms with van der Waals surface area (Å²) in [6.45, 7) is 5.59. The molecule has 0 unspecified atom stereocenters. The Morgan fingerprint density at radius 1 is 1.28 bits per heavy atom. The van der Waals surface area contributed by atoms with E-state index in [0.717, 1.165) is 51.7 Å². The van der Waals surface area contributed by atoms with Gasteiger partial charge in [0.25, 0.3) is 11.5 Å². The van der Waals surface area contributed by atoms with Gasteiger partial charge in [0.05, 0.1) is 18.6 Å². The molecular formula is C24H32N4O4. The standard InChI is InChI=1S/C24H32N4O4/c1-16-4-6-17(7-5-16)26-22(30)19-20(29)18-3-2-10-25-21(18)28(23(19)31)12-11-27-13-14-32-15-24(27)8-9-24/h2-3,10,16-17,29H,4-9,11-15H2,1H3,(H,26,30). The highest BCUT2D eigenvalue weighted by Gasteiger charge is 2.49. The average Bonchev–Trinajstić information content (AvgIpc) is 3.56. The van der Waals surface area contributed by atoms with Crippen LogP contribution < -0.4 is 10.9 Å². The molecule has 2 saturated carbocycles. The number of amides is 1. The smallest absolute Gasteiger partial charge is 0.268 e. The van der Waals surface area contributed by atoms with Crippen LogP contribution in [-0.2, 0) is 11.3 Å². The fraction of sp³-hybridized carbons (Fsp3) is 0.625. The van der Waals surface area contributed by atoms with E-state index >= 15 is 0 Å². The van der Waals surface area contributed by atoms with Crippen molar-refractivity contribution < 1.29 is 14.6 Å². The summed E-state index contributed by atoms with van der Waals surface area (Å²) in [5, 5.41) is 14.3. The van der Waals surface area contributed by atoms with Crippen molar-refractivity contribution in [3.05, 3.63) is 34.2 Å². The van der Waals surface area contributed by atoms with Crippen molar-refractivity contribution >= 4 is 16.9 Å². The number of fused-ring (bicyclic) bond motifs is 1. The minimum atomic E-state index is -0.489. The fourth-order valence-electron chi connectivity index (χ4n) is 5.28. The number of hydrogen-bond acceptors (Lipinski definition) is 6. The molecule has 3 fully saturated rings. The van der Waals surface area contributed by atoms with Crippen molar-refractivity contribution in [2.45, 2.75) is 63.6 Å². The number of aromatic nitrogens is 2. The average molecular weight is 441 g/mol. The van der Waals surface area contributed by atoms with Crippen LogP contribution in [0.25, 0.3) is 11.0 Å². The third-order valence-corrected chi connectivity index (χ3v) is 7.54. The predicted molar refractivity (Wildman–Crippen MR) is 121 cm³/mol. The molecule has 3 aliphatic rings. The Kier molecular flexibility index (Phi) is 5.67. The van der Waals surface area contributed by atoms with E-state index in [9.17, 15) is 14.7 Å². The van der Waals surface area contributed by atoms with Gasteiger partial charge in [0.2, 0.25) is 0 Å². The summed E-state index contributed by atoms with van der Waals surface area (Å²) in [7, 11) is 0. The number of ether oxygens (including phenoxy) is 1. The zero-order valence-corrected chi connectivity index (χ0v) is 18.7. The van der Waals surface area contributed by atoms with Gasteiger partial charge in [0.1, 0.15) is 17.0 Å². The Hall–Kier alpha value is -2.45.